The Morgan fingerprint density at radius 1 is 1.44 bits per heavy atom. The molecule has 0 spiro atoms. The highest BCUT2D eigenvalue weighted by Crippen LogP contribution is 2.27. The lowest BCUT2D eigenvalue weighted by molar-refractivity contribution is -0.120. The van der Waals surface area contributed by atoms with Crippen molar-refractivity contribution in [2.75, 3.05) is 18.5 Å². The predicted molar refractivity (Wildman–Crippen MR) is 76.2 cm³/mol. The summed E-state index contributed by atoms with van der Waals surface area (Å²) in [7, 11) is 1.89. The highest BCUT2D eigenvalue weighted by molar-refractivity contribution is 7.22. The number of thiazole rings is 1. The molecule has 0 atom stereocenters. The van der Waals surface area contributed by atoms with E-state index < -0.39 is 0 Å². The zero-order chi connectivity index (χ0) is 13.1. The highest BCUT2D eigenvalue weighted by atomic mass is 32.1. The summed E-state index contributed by atoms with van der Waals surface area (Å²) in [6.07, 6.45) is 0. The minimum atomic E-state index is 0.0201. The van der Waals surface area contributed by atoms with Gasteiger partial charge in [0.25, 0.3) is 0 Å². The first-order valence-corrected chi connectivity index (χ1v) is 6.74. The largest absolute Gasteiger partial charge is 0.352 e. The maximum Gasteiger partial charge on any atom is 0.239 e. The van der Waals surface area contributed by atoms with Gasteiger partial charge < -0.3 is 10.2 Å². The molecule has 0 aliphatic carbocycles. The van der Waals surface area contributed by atoms with E-state index in [9.17, 15) is 4.79 Å². The molecule has 5 heteroatoms. The fourth-order valence-electron chi connectivity index (χ4n) is 1.67. The van der Waals surface area contributed by atoms with E-state index in [1.165, 1.54) is 0 Å². The number of para-hydroxylation sites is 1. The van der Waals surface area contributed by atoms with Gasteiger partial charge in [0.15, 0.2) is 5.13 Å². The van der Waals surface area contributed by atoms with Crippen LogP contribution in [0.4, 0.5) is 5.13 Å². The Kier molecular flexibility index (Phi) is 3.81. The standard InChI is InChI=1S/C13H17N3OS/c1-9(2)14-12(17)8-16(3)13-15-10-6-4-5-7-11(10)18-13/h4-7,9H,8H2,1-3H3,(H,14,17). The van der Waals surface area contributed by atoms with Gasteiger partial charge in [-0.25, -0.2) is 4.98 Å². The zero-order valence-corrected chi connectivity index (χ0v) is 11.6. The molecule has 2 rings (SSSR count). The molecule has 18 heavy (non-hydrogen) atoms. The SMILES string of the molecule is CC(C)NC(=O)CN(C)c1nc2ccccc2s1. The van der Waals surface area contributed by atoms with Crippen molar-refractivity contribution in [3.63, 3.8) is 0 Å². The molecule has 0 bridgehead atoms. The lowest BCUT2D eigenvalue weighted by Crippen LogP contribution is -2.38. The number of anilines is 1. The average Bonchev–Trinajstić information content (AvgIpc) is 2.71. The van der Waals surface area contributed by atoms with Crippen molar-refractivity contribution in [2.24, 2.45) is 0 Å². The second kappa shape index (κ2) is 5.35. The molecule has 0 aliphatic heterocycles. The lowest BCUT2D eigenvalue weighted by Gasteiger charge is -2.16. The van der Waals surface area contributed by atoms with E-state index in [0.717, 1.165) is 15.3 Å². The van der Waals surface area contributed by atoms with Crippen LogP contribution in [-0.2, 0) is 4.79 Å². The molecular weight excluding hydrogens is 246 g/mol. The van der Waals surface area contributed by atoms with Crippen LogP contribution in [-0.4, -0.2) is 30.5 Å². The quantitative estimate of drug-likeness (QED) is 0.920. The number of hydrogen-bond donors (Lipinski definition) is 1. The van der Waals surface area contributed by atoms with Gasteiger partial charge in [-0.2, -0.15) is 0 Å². The fraction of sp³-hybridized carbons (Fsp3) is 0.385. The van der Waals surface area contributed by atoms with Crippen molar-refractivity contribution in [3.05, 3.63) is 24.3 Å². The van der Waals surface area contributed by atoms with Crippen molar-refractivity contribution in [1.82, 2.24) is 10.3 Å². The monoisotopic (exact) mass is 263 g/mol. The van der Waals surface area contributed by atoms with Gasteiger partial charge in [-0.1, -0.05) is 23.5 Å². The maximum absolute atomic E-state index is 11.7. The number of amides is 1. The first kappa shape index (κ1) is 12.8. The molecule has 96 valence electrons. The Morgan fingerprint density at radius 2 is 2.17 bits per heavy atom. The van der Waals surface area contributed by atoms with Gasteiger partial charge in [-0.05, 0) is 26.0 Å². The second-order valence-electron chi connectivity index (χ2n) is 4.54. The normalized spacial score (nSPS) is 10.9. The third-order valence-corrected chi connectivity index (χ3v) is 3.59. The average molecular weight is 263 g/mol. The Morgan fingerprint density at radius 3 is 2.83 bits per heavy atom. The van der Waals surface area contributed by atoms with Crippen molar-refractivity contribution >= 4 is 32.6 Å². The Balaban J connectivity index is 2.08. The molecule has 1 aromatic heterocycles. The van der Waals surface area contributed by atoms with Gasteiger partial charge >= 0.3 is 0 Å². The number of rotatable bonds is 4. The van der Waals surface area contributed by atoms with Crippen molar-refractivity contribution in [3.8, 4) is 0 Å². The second-order valence-corrected chi connectivity index (χ2v) is 5.55. The number of likely N-dealkylation sites (N-methyl/N-ethyl adjacent to an activating group) is 1. The van der Waals surface area contributed by atoms with E-state index in [1.807, 2.05) is 50.1 Å². The first-order chi connectivity index (χ1) is 8.56. The number of nitrogens with one attached hydrogen (secondary N) is 1. The molecule has 1 N–H and O–H groups in total. The van der Waals surface area contributed by atoms with Gasteiger partial charge in [-0.15, -0.1) is 0 Å². The summed E-state index contributed by atoms with van der Waals surface area (Å²) in [4.78, 5) is 18.1. The van der Waals surface area contributed by atoms with Crippen LogP contribution in [0.15, 0.2) is 24.3 Å². The van der Waals surface area contributed by atoms with Crippen LogP contribution in [0.2, 0.25) is 0 Å². The number of benzene rings is 1. The van der Waals surface area contributed by atoms with E-state index >= 15 is 0 Å². The third-order valence-electron chi connectivity index (χ3n) is 2.44. The summed E-state index contributed by atoms with van der Waals surface area (Å²) in [5.74, 6) is 0.0201. The molecule has 2 aromatic rings. The molecule has 0 unspecified atom stereocenters. The van der Waals surface area contributed by atoms with Crippen LogP contribution >= 0.6 is 11.3 Å². The summed E-state index contributed by atoms with van der Waals surface area (Å²) in [6, 6.07) is 8.16. The van der Waals surface area contributed by atoms with Gasteiger partial charge in [0.05, 0.1) is 16.8 Å². The number of aromatic nitrogens is 1. The van der Waals surface area contributed by atoms with Gasteiger partial charge in [0.2, 0.25) is 5.91 Å². The highest BCUT2D eigenvalue weighted by Gasteiger charge is 2.12. The smallest absolute Gasteiger partial charge is 0.239 e. The van der Waals surface area contributed by atoms with Gasteiger partial charge in [0, 0.05) is 13.1 Å². The molecule has 1 heterocycles. The number of fused-ring (bicyclic) bond motifs is 1. The van der Waals surface area contributed by atoms with E-state index in [2.05, 4.69) is 10.3 Å². The van der Waals surface area contributed by atoms with Crippen LogP contribution in [0.1, 0.15) is 13.8 Å². The molecule has 1 aromatic carbocycles. The van der Waals surface area contributed by atoms with Crippen LogP contribution in [0, 0.1) is 0 Å². The van der Waals surface area contributed by atoms with Gasteiger partial charge in [-0.3, -0.25) is 4.79 Å². The topological polar surface area (TPSA) is 45.2 Å². The predicted octanol–water partition coefficient (Wildman–Crippen LogP) is 2.26. The molecule has 1 amide bonds. The minimum Gasteiger partial charge on any atom is -0.352 e. The van der Waals surface area contributed by atoms with E-state index in [0.29, 0.717) is 6.54 Å². The summed E-state index contributed by atoms with van der Waals surface area (Å²) in [5.41, 5.74) is 0.980. The van der Waals surface area contributed by atoms with Crippen LogP contribution in [0.5, 0.6) is 0 Å². The van der Waals surface area contributed by atoms with E-state index in [-0.39, 0.29) is 11.9 Å². The number of nitrogens with zero attached hydrogens (tertiary/aromatic N) is 2. The van der Waals surface area contributed by atoms with Crippen LogP contribution in [0.3, 0.4) is 0 Å². The molecule has 0 saturated carbocycles. The molecule has 0 saturated heterocycles. The van der Waals surface area contributed by atoms with Crippen molar-refractivity contribution in [2.45, 2.75) is 19.9 Å². The summed E-state index contributed by atoms with van der Waals surface area (Å²) in [5, 5.41) is 3.74. The summed E-state index contributed by atoms with van der Waals surface area (Å²) < 4.78 is 1.14. The number of hydrogen-bond acceptors (Lipinski definition) is 4. The summed E-state index contributed by atoms with van der Waals surface area (Å²) >= 11 is 1.60. The maximum atomic E-state index is 11.7. The minimum absolute atomic E-state index is 0.0201. The molecule has 0 fully saturated rings. The fourth-order valence-corrected chi connectivity index (χ4v) is 2.60. The Bertz CT molecular complexity index is 517. The molecular formula is C13H17N3OS. The first-order valence-electron chi connectivity index (χ1n) is 5.92. The number of carbonyl (C=O) groups excluding carboxylic acids is 1. The van der Waals surface area contributed by atoms with Crippen molar-refractivity contribution in [1.29, 1.82) is 0 Å². The van der Waals surface area contributed by atoms with Crippen LogP contribution in [0.25, 0.3) is 10.2 Å². The number of carbonyl (C=O) groups is 1. The third kappa shape index (κ3) is 2.98. The van der Waals surface area contributed by atoms with Gasteiger partial charge in [0.1, 0.15) is 0 Å². The molecule has 0 radical (unpaired) electrons. The molecule has 4 nitrogen and oxygen atoms in total. The Labute approximate surface area is 111 Å². The Hall–Kier alpha value is -1.62. The zero-order valence-electron chi connectivity index (χ0n) is 10.8. The van der Waals surface area contributed by atoms with Crippen LogP contribution < -0.4 is 10.2 Å². The van der Waals surface area contributed by atoms with Crippen molar-refractivity contribution < 1.29 is 4.79 Å². The molecule has 0 aliphatic rings. The van der Waals surface area contributed by atoms with E-state index in [1.54, 1.807) is 11.3 Å². The van der Waals surface area contributed by atoms with E-state index in [4.69, 9.17) is 0 Å². The summed E-state index contributed by atoms with van der Waals surface area (Å²) in [6.45, 7) is 4.24. The lowest BCUT2D eigenvalue weighted by atomic mass is 10.3.